The number of carbonyl (C=O) groups is 2. The first kappa shape index (κ1) is 12.4. The molecule has 0 saturated heterocycles. The molecule has 96 valence electrons. The molecule has 1 aromatic carbocycles. The van der Waals surface area contributed by atoms with Crippen LogP contribution in [-0.2, 0) is 9.59 Å². The Morgan fingerprint density at radius 1 is 1.50 bits per heavy atom. The lowest BCUT2D eigenvalue weighted by Gasteiger charge is -2.11. The Labute approximate surface area is 105 Å². The van der Waals surface area contributed by atoms with Gasteiger partial charge in [0.25, 0.3) is 0 Å². The third-order valence-electron chi connectivity index (χ3n) is 2.84. The Bertz CT molecular complexity index is 487. The zero-order chi connectivity index (χ0) is 13.1. The summed E-state index contributed by atoms with van der Waals surface area (Å²) in [5, 5.41) is 8.15. The van der Waals surface area contributed by atoms with Crippen LogP contribution in [0.25, 0.3) is 0 Å². The van der Waals surface area contributed by atoms with Gasteiger partial charge in [-0.05, 0) is 18.2 Å². The Morgan fingerprint density at radius 2 is 2.28 bits per heavy atom. The topological polar surface area (TPSA) is 79.5 Å². The van der Waals surface area contributed by atoms with Crippen molar-refractivity contribution in [1.29, 1.82) is 0 Å². The molecule has 18 heavy (non-hydrogen) atoms. The van der Waals surface area contributed by atoms with E-state index in [1.54, 1.807) is 32.4 Å². The number of likely N-dealkylation sites (N-methyl/N-ethyl adjacent to an activating group) is 1. The number of hydrogen-bond acceptors (Lipinski definition) is 4. The van der Waals surface area contributed by atoms with Gasteiger partial charge in [0, 0.05) is 18.3 Å². The maximum atomic E-state index is 11.8. The first-order valence-corrected chi connectivity index (χ1v) is 5.58. The monoisotopic (exact) mass is 249 g/mol. The molecule has 1 unspecified atom stereocenters. The van der Waals surface area contributed by atoms with Crippen LogP contribution in [0, 0.1) is 0 Å². The molecule has 1 aliphatic heterocycles. The Hall–Kier alpha value is -2.08. The quantitative estimate of drug-likeness (QED) is 0.703. The van der Waals surface area contributed by atoms with Gasteiger partial charge in [0.1, 0.15) is 11.8 Å². The zero-order valence-electron chi connectivity index (χ0n) is 10.2. The van der Waals surface area contributed by atoms with Crippen LogP contribution in [0.1, 0.15) is 11.6 Å². The van der Waals surface area contributed by atoms with E-state index in [9.17, 15) is 9.59 Å². The number of anilines is 1. The molecule has 1 aliphatic rings. The third-order valence-corrected chi connectivity index (χ3v) is 2.84. The van der Waals surface area contributed by atoms with Crippen LogP contribution in [0.3, 0.4) is 0 Å². The SMILES string of the molecule is CNC(=O)CNC1C(=O)Nc2ccc(OC)cc21. The van der Waals surface area contributed by atoms with E-state index in [1.807, 2.05) is 0 Å². The molecule has 0 aliphatic carbocycles. The summed E-state index contributed by atoms with van der Waals surface area (Å²) < 4.78 is 5.12. The van der Waals surface area contributed by atoms with Crippen molar-refractivity contribution in [3.05, 3.63) is 23.8 Å². The molecule has 6 nitrogen and oxygen atoms in total. The highest BCUT2D eigenvalue weighted by Gasteiger charge is 2.30. The number of benzene rings is 1. The van der Waals surface area contributed by atoms with Crippen LogP contribution >= 0.6 is 0 Å². The first-order chi connectivity index (χ1) is 8.65. The Balaban J connectivity index is 2.18. The van der Waals surface area contributed by atoms with Gasteiger partial charge in [0.2, 0.25) is 11.8 Å². The molecule has 1 heterocycles. The van der Waals surface area contributed by atoms with Crippen molar-refractivity contribution >= 4 is 17.5 Å². The lowest BCUT2D eigenvalue weighted by atomic mass is 10.1. The molecule has 6 heteroatoms. The van der Waals surface area contributed by atoms with E-state index >= 15 is 0 Å². The molecular weight excluding hydrogens is 234 g/mol. The van der Waals surface area contributed by atoms with Crippen LogP contribution in [0.2, 0.25) is 0 Å². The van der Waals surface area contributed by atoms with E-state index in [4.69, 9.17) is 4.74 Å². The number of methoxy groups -OCH3 is 1. The molecule has 0 saturated carbocycles. The molecule has 0 spiro atoms. The molecule has 2 amide bonds. The van der Waals surface area contributed by atoms with E-state index in [0.29, 0.717) is 5.75 Å². The average Bonchev–Trinajstić information content (AvgIpc) is 2.70. The summed E-state index contributed by atoms with van der Waals surface area (Å²) in [7, 11) is 3.12. The summed E-state index contributed by atoms with van der Waals surface area (Å²) >= 11 is 0. The number of carbonyl (C=O) groups excluding carboxylic acids is 2. The molecule has 0 radical (unpaired) electrons. The molecular formula is C12H15N3O3. The smallest absolute Gasteiger partial charge is 0.246 e. The lowest BCUT2D eigenvalue weighted by Crippen LogP contribution is -2.36. The van der Waals surface area contributed by atoms with E-state index in [2.05, 4.69) is 16.0 Å². The summed E-state index contributed by atoms with van der Waals surface area (Å²) in [4.78, 5) is 23.0. The van der Waals surface area contributed by atoms with Crippen molar-refractivity contribution in [2.75, 3.05) is 26.0 Å². The number of fused-ring (bicyclic) bond motifs is 1. The fraction of sp³-hybridized carbons (Fsp3) is 0.333. The molecule has 3 N–H and O–H groups in total. The van der Waals surface area contributed by atoms with Crippen molar-refractivity contribution in [3.63, 3.8) is 0 Å². The van der Waals surface area contributed by atoms with Crippen molar-refractivity contribution in [3.8, 4) is 5.75 Å². The van der Waals surface area contributed by atoms with Crippen LogP contribution in [0.4, 0.5) is 5.69 Å². The minimum absolute atomic E-state index is 0.0885. The highest BCUT2D eigenvalue weighted by Crippen LogP contribution is 2.33. The normalized spacial score (nSPS) is 17.0. The highest BCUT2D eigenvalue weighted by atomic mass is 16.5. The summed E-state index contributed by atoms with van der Waals surface area (Å²) in [5.74, 6) is 0.346. The summed E-state index contributed by atoms with van der Waals surface area (Å²) in [5.41, 5.74) is 1.54. The molecule has 0 fully saturated rings. The maximum Gasteiger partial charge on any atom is 0.246 e. The second-order valence-electron chi connectivity index (χ2n) is 3.93. The largest absolute Gasteiger partial charge is 0.497 e. The van der Waals surface area contributed by atoms with Gasteiger partial charge < -0.3 is 15.4 Å². The number of hydrogen-bond donors (Lipinski definition) is 3. The van der Waals surface area contributed by atoms with Crippen LogP contribution in [0.5, 0.6) is 5.75 Å². The molecule has 2 rings (SSSR count). The maximum absolute atomic E-state index is 11.8. The Morgan fingerprint density at radius 3 is 2.94 bits per heavy atom. The summed E-state index contributed by atoms with van der Waals surface area (Å²) in [6.07, 6.45) is 0. The standard InChI is InChI=1S/C12H15N3O3/c1-13-10(16)6-14-11-8-5-7(18-2)3-4-9(8)15-12(11)17/h3-5,11,14H,6H2,1-2H3,(H,13,16)(H,15,17). The van der Waals surface area contributed by atoms with Crippen molar-refractivity contribution < 1.29 is 14.3 Å². The number of rotatable bonds is 4. The second kappa shape index (κ2) is 5.05. The van der Waals surface area contributed by atoms with Gasteiger partial charge in [-0.2, -0.15) is 0 Å². The van der Waals surface area contributed by atoms with Crippen molar-refractivity contribution in [2.24, 2.45) is 0 Å². The Kier molecular flexibility index (Phi) is 3.47. The third kappa shape index (κ3) is 2.28. The van der Waals surface area contributed by atoms with E-state index < -0.39 is 6.04 Å². The van der Waals surface area contributed by atoms with Gasteiger partial charge in [0.05, 0.1) is 13.7 Å². The van der Waals surface area contributed by atoms with Gasteiger partial charge in [-0.25, -0.2) is 0 Å². The average molecular weight is 249 g/mol. The molecule has 1 atom stereocenters. The zero-order valence-corrected chi connectivity index (χ0v) is 10.2. The van der Waals surface area contributed by atoms with E-state index in [-0.39, 0.29) is 18.4 Å². The van der Waals surface area contributed by atoms with E-state index in [0.717, 1.165) is 11.3 Å². The summed E-state index contributed by atoms with van der Waals surface area (Å²) in [6.45, 7) is 0.0885. The van der Waals surface area contributed by atoms with Crippen molar-refractivity contribution in [2.45, 2.75) is 6.04 Å². The fourth-order valence-electron chi connectivity index (χ4n) is 1.85. The van der Waals surface area contributed by atoms with Crippen LogP contribution in [-0.4, -0.2) is 32.5 Å². The molecule has 1 aromatic rings. The van der Waals surface area contributed by atoms with Gasteiger partial charge in [0.15, 0.2) is 0 Å². The molecule has 0 bridgehead atoms. The summed E-state index contributed by atoms with van der Waals surface area (Å²) in [6, 6.07) is 4.83. The van der Waals surface area contributed by atoms with Gasteiger partial charge >= 0.3 is 0 Å². The van der Waals surface area contributed by atoms with Gasteiger partial charge in [-0.1, -0.05) is 0 Å². The highest BCUT2D eigenvalue weighted by molar-refractivity contribution is 6.03. The van der Waals surface area contributed by atoms with Crippen LogP contribution < -0.4 is 20.7 Å². The second-order valence-corrected chi connectivity index (χ2v) is 3.93. The van der Waals surface area contributed by atoms with Gasteiger partial charge in [-0.15, -0.1) is 0 Å². The van der Waals surface area contributed by atoms with Crippen molar-refractivity contribution in [1.82, 2.24) is 10.6 Å². The minimum Gasteiger partial charge on any atom is -0.497 e. The molecule has 0 aromatic heterocycles. The lowest BCUT2D eigenvalue weighted by molar-refractivity contribution is -0.120. The fourth-order valence-corrected chi connectivity index (χ4v) is 1.85. The van der Waals surface area contributed by atoms with Gasteiger partial charge in [-0.3, -0.25) is 14.9 Å². The number of amides is 2. The number of nitrogens with one attached hydrogen (secondary N) is 3. The first-order valence-electron chi connectivity index (χ1n) is 5.58. The number of ether oxygens (including phenoxy) is 1. The predicted molar refractivity (Wildman–Crippen MR) is 66.4 cm³/mol. The predicted octanol–water partition coefficient (Wildman–Crippen LogP) is 0.0240. The van der Waals surface area contributed by atoms with E-state index in [1.165, 1.54) is 0 Å². The minimum atomic E-state index is -0.521. The van der Waals surface area contributed by atoms with Crippen LogP contribution in [0.15, 0.2) is 18.2 Å².